The Labute approximate surface area is 190 Å². The molecule has 0 aliphatic heterocycles. The lowest BCUT2D eigenvalue weighted by atomic mass is 10.0. The summed E-state index contributed by atoms with van der Waals surface area (Å²) in [7, 11) is 0. The molecule has 0 fully saturated rings. The maximum atomic E-state index is 12.4. The van der Waals surface area contributed by atoms with Crippen LogP contribution in [0.15, 0.2) is 54.6 Å². The molecule has 0 spiro atoms. The molecule has 0 saturated heterocycles. The van der Waals surface area contributed by atoms with Crippen molar-refractivity contribution in [2.45, 2.75) is 96.8 Å². The number of benzene rings is 2. The average molecular weight is 423 g/mol. The van der Waals surface area contributed by atoms with Crippen LogP contribution in [0.5, 0.6) is 5.75 Å². The van der Waals surface area contributed by atoms with Gasteiger partial charge in [0.25, 0.3) is 0 Å². The number of ketones is 1. The van der Waals surface area contributed by atoms with Crippen molar-refractivity contribution < 1.29 is 9.53 Å². The number of ether oxygens (including phenoxy) is 1. The highest BCUT2D eigenvalue weighted by Crippen LogP contribution is 2.17. The lowest BCUT2D eigenvalue weighted by Crippen LogP contribution is -2.01. The summed E-state index contributed by atoms with van der Waals surface area (Å²) in [6.07, 6.45) is 19.1. The molecule has 2 aromatic carbocycles. The van der Waals surface area contributed by atoms with Crippen molar-refractivity contribution in [1.82, 2.24) is 0 Å². The van der Waals surface area contributed by atoms with Crippen LogP contribution in [-0.4, -0.2) is 12.4 Å². The predicted octanol–water partition coefficient (Wildman–Crippen LogP) is 8.78. The third-order valence-electron chi connectivity index (χ3n) is 5.92. The second kappa shape index (κ2) is 16.6. The maximum absolute atomic E-state index is 12.4. The minimum absolute atomic E-state index is 0.0547. The number of carbonyl (C=O) groups is 1. The van der Waals surface area contributed by atoms with Gasteiger partial charge in [-0.1, -0.05) is 121 Å². The molecule has 0 unspecified atom stereocenters. The van der Waals surface area contributed by atoms with Crippen LogP contribution in [-0.2, 0) is 0 Å². The Hall–Kier alpha value is -2.09. The summed E-state index contributed by atoms with van der Waals surface area (Å²) in [6, 6.07) is 16.9. The van der Waals surface area contributed by atoms with Gasteiger partial charge in [-0.05, 0) is 30.7 Å². The van der Waals surface area contributed by atoms with Gasteiger partial charge in [0.2, 0.25) is 0 Å². The van der Waals surface area contributed by atoms with E-state index in [1.54, 1.807) is 0 Å². The Morgan fingerprint density at radius 1 is 0.581 bits per heavy atom. The minimum Gasteiger partial charge on any atom is -0.494 e. The highest BCUT2D eigenvalue weighted by atomic mass is 16.5. The van der Waals surface area contributed by atoms with E-state index >= 15 is 0 Å². The molecule has 0 atom stereocenters. The molecule has 0 saturated carbocycles. The van der Waals surface area contributed by atoms with E-state index in [9.17, 15) is 4.79 Å². The molecular weight excluding hydrogens is 380 g/mol. The molecule has 0 aliphatic rings. The van der Waals surface area contributed by atoms with Gasteiger partial charge in [-0.25, -0.2) is 0 Å². The van der Waals surface area contributed by atoms with Crippen molar-refractivity contribution in [3.05, 3.63) is 65.7 Å². The van der Waals surface area contributed by atoms with Gasteiger partial charge in [-0.2, -0.15) is 0 Å². The first-order chi connectivity index (χ1) is 15.3. The normalized spacial score (nSPS) is 10.9. The number of carbonyl (C=O) groups excluding carboxylic acids is 1. The monoisotopic (exact) mass is 422 g/mol. The van der Waals surface area contributed by atoms with Crippen molar-refractivity contribution in [2.24, 2.45) is 0 Å². The van der Waals surface area contributed by atoms with E-state index in [1.165, 1.54) is 83.5 Å². The van der Waals surface area contributed by atoms with Crippen LogP contribution in [0.2, 0.25) is 0 Å². The zero-order valence-electron chi connectivity index (χ0n) is 19.6. The Balaban J connectivity index is 1.43. The van der Waals surface area contributed by atoms with Crippen LogP contribution in [0, 0.1) is 0 Å². The number of rotatable bonds is 18. The summed E-state index contributed by atoms with van der Waals surface area (Å²) in [5.74, 6) is 0.901. The van der Waals surface area contributed by atoms with E-state index in [-0.39, 0.29) is 5.78 Å². The van der Waals surface area contributed by atoms with E-state index < -0.39 is 0 Å². The first-order valence-electron chi connectivity index (χ1n) is 12.6. The highest BCUT2D eigenvalue weighted by Gasteiger charge is 2.08. The molecule has 0 aliphatic carbocycles. The Morgan fingerprint density at radius 3 is 1.55 bits per heavy atom. The second-order valence-corrected chi connectivity index (χ2v) is 8.66. The van der Waals surface area contributed by atoms with Gasteiger partial charge < -0.3 is 4.74 Å². The van der Waals surface area contributed by atoms with Crippen LogP contribution in [0.25, 0.3) is 0 Å². The molecule has 2 heteroatoms. The molecule has 2 rings (SSSR count). The van der Waals surface area contributed by atoms with E-state index in [1.807, 2.05) is 54.6 Å². The van der Waals surface area contributed by atoms with Crippen LogP contribution in [0.1, 0.15) is 113 Å². The average Bonchev–Trinajstić information content (AvgIpc) is 2.82. The lowest BCUT2D eigenvalue weighted by molar-refractivity contribution is 0.103. The fraction of sp³-hybridized carbons (Fsp3) is 0.552. The molecule has 0 bridgehead atoms. The third-order valence-corrected chi connectivity index (χ3v) is 5.92. The second-order valence-electron chi connectivity index (χ2n) is 8.66. The van der Waals surface area contributed by atoms with Gasteiger partial charge in [-0.15, -0.1) is 0 Å². The zero-order chi connectivity index (χ0) is 22.0. The minimum atomic E-state index is 0.0547. The van der Waals surface area contributed by atoms with Gasteiger partial charge in [-0.3, -0.25) is 4.79 Å². The van der Waals surface area contributed by atoms with Gasteiger partial charge in [0.05, 0.1) is 6.61 Å². The molecule has 0 aromatic heterocycles. The zero-order valence-corrected chi connectivity index (χ0v) is 19.6. The Morgan fingerprint density at radius 2 is 1.03 bits per heavy atom. The lowest BCUT2D eigenvalue weighted by Gasteiger charge is -2.07. The van der Waals surface area contributed by atoms with Crippen LogP contribution < -0.4 is 4.74 Å². The van der Waals surface area contributed by atoms with Crippen molar-refractivity contribution >= 4 is 5.78 Å². The van der Waals surface area contributed by atoms with E-state index in [0.717, 1.165) is 24.3 Å². The van der Waals surface area contributed by atoms with E-state index in [2.05, 4.69) is 6.92 Å². The largest absolute Gasteiger partial charge is 0.494 e. The number of hydrogen-bond donors (Lipinski definition) is 0. The quantitative estimate of drug-likeness (QED) is 0.177. The van der Waals surface area contributed by atoms with E-state index in [4.69, 9.17) is 4.74 Å². The van der Waals surface area contributed by atoms with Gasteiger partial charge >= 0.3 is 0 Å². The van der Waals surface area contributed by atoms with E-state index in [0.29, 0.717) is 5.56 Å². The van der Waals surface area contributed by atoms with Gasteiger partial charge in [0.15, 0.2) is 5.78 Å². The standard InChI is InChI=1S/C29H42O2/c1-2-3-4-5-6-7-8-9-10-11-12-13-14-18-25-31-28-23-21-27(22-24-28)29(30)26-19-16-15-17-20-26/h15-17,19-24H,2-14,18,25H2,1H3. The summed E-state index contributed by atoms with van der Waals surface area (Å²) >= 11 is 0. The topological polar surface area (TPSA) is 26.3 Å². The molecule has 31 heavy (non-hydrogen) atoms. The Bertz CT molecular complexity index is 690. The fourth-order valence-corrected chi connectivity index (χ4v) is 3.95. The van der Waals surface area contributed by atoms with Crippen LogP contribution >= 0.6 is 0 Å². The molecule has 0 heterocycles. The van der Waals surface area contributed by atoms with Crippen molar-refractivity contribution in [3.63, 3.8) is 0 Å². The van der Waals surface area contributed by atoms with Crippen molar-refractivity contribution in [1.29, 1.82) is 0 Å². The number of unbranched alkanes of at least 4 members (excludes halogenated alkanes) is 13. The van der Waals surface area contributed by atoms with Crippen molar-refractivity contribution in [2.75, 3.05) is 6.61 Å². The predicted molar refractivity (Wildman–Crippen MR) is 132 cm³/mol. The summed E-state index contributed by atoms with van der Waals surface area (Å²) in [5, 5.41) is 0. The highest BCUT2D eigenvalue weighted by molar-refractivity contribution is 6.08. The van der Waals surface area contributed by atoms with Gasteiger partial charge in [0.1, 0.15) is 5.75 Å². The summed E-state index contributed by atoms with van der Waals surface area (Å²) in [6.45, 7) is 3.03. The smallest absolute Gasteiger partial charge is 0.193 e. The summed E-state index contributed by atoms with van der Waals surface area (Å²) < 4.78 is 5.84. The number of hydrogen-bond acceptors (Lipinski definition) is 2. The Kier molecular flexibility index (Phi) is 13.5. The molecule has 0 radical (unpaired) electrons. The van der Waals surface area contributed by atoms with Crippen LogP contribution in [0.4, 0.5) is 0 Å². The molecule has 2 aromatic rings. The van der Waals surface area contributed by atoms with Crippen molar-refractivity contribution in [3.8, 4) is 5.75 Å². The fourth-order valence-electron chi connectivity index (χ4n) is 3.95. The summed E-state index contributed by atoms with van der Waals surface area (Å²) in [5.41, 5.74) is 1.42. The maximum Gasteiger partial charge on any atom is 0.193 e. The first-order valence-corrected chi connectivity index (χ1v) is 12.6. The SMILES string of the molecule is CCCCCCCCCCCCCCCCOc1ccc(C(=O)c2ccccc2)cc1. The third kappa shape index (κ3) is 11.2. The molecule has 0 amide bonds. The molecular formula is C29H42O2. The molecule has 170 valence electrons. The van der Waals surface area contributed by atoms with Gasteiger partial charge in [0, 0.05) is 11.1 Å². The first kappa shape index (κ1) is 25.2. The molecule has 0 N–H and O–H groups in total. The molecule has 2 nitrogen and oxygen atoms in total. The van der Waals surface area contributed by atoms with Crippen LogP contribution in [0.3, 0.4) is 0 Å². The summed E-state index contributed by atoms with van der Waals surface area (Å²) in [4.78, 5) is 12.4.